The van der Waals surface area contributed by atoms with Crippen LogP contribution in [0.5, 0.6) is 5.75 Å². The lowest BCUT2D eigenvalue weighted by atomic mass is 10.2. The molecular weight excluding hydrogens is 466 g/mol. The van der Waals surface area contributed by atoms with Gasteiger partial charge in [-0.3, -0.25) is 9.69 Å². The van der Waals surface area contributed by atoms with Crippen molar-refractivity contribution in [2.45, 2.75) is 24.2 Å². The molecule has 1 heterocycles. The molecule has 1 amide bonds. The number of ether oxygens (including phenoxy) is 1. The average Bonchev–Trinajstić information content (AvgIpc) is 2.98. The Labute approximate surface area is 189 Å². The zero-order valence-corrected chi connectivity index (χ0v) is 18.3. The number of amides is 1. The van der Waals surface area contributed by atoms with Crippen molar-refractivity contribution >= 4 is 15.9 Å². The number of nitrogens with zero attached hydrogens (tertiary/aromatic N) is 2. The SMILES string of the molecule is O=C(CN1CCCN(S(=O)(=O)c2ccc(F)cc2)CC1)NCc1ccccc1OC(F)(F)F. The molecule has 33 heavy (non-hydrogen) atoms. The molecule has 2 aromatic rings. The molecule has 7 nitrogen and oxygen atoms in total. The molecule has 1 fully saturated rings. The predicted octanol–water partition coefficient (Wildman–Crippen LogP) is 2.74. The molecule has 0 unspecified atom stereocenters. The van der Waals surface area contributed by atoms with Gasteiger partial charge >= 0.3 is 6.36 Å². The zero-order valence-electron chi connectivity index (χ0n) is 17.5. The molecule has 0 atom stereocenters. The van der Waals surface area contributed by atoms with E-state index in [0.29, 0.717) is 19.5 Å². The summed E-state index contributed by atoms with van der Waals surface area (Å²) in [5.74, 6) is -1.33. The van der Waals surface area contributed by atoms with Gasteiger partial charge in [0.15, 0.2) is 0 Å². The van der Waals surface area contributed by atoms with Crippen LogP contribution in [0, 0.1) is 5.82 Å². The van der Waals surface area contributed by atoms with Gasteiger partial charge in [0.2, 0.25) is 15.9 Å². The van der Waals surface area contributed by atoms with Crippen LogP contribution in [-0.4, -0.2) is 62.6 Å². The highest BCUT2D eigenvalue weighted by Crippen LogP contribution is 2.26. The van der Waals surface area contributed by atoms with Gasteiger partial charge in [0.25, 0.3) is 0 Å². The summed E-state index contributed by atoms with van der Waals surface area (Å²) < 4.78 is 81.5. The number of alkyl halides is 3. The molecule has 0 saturated carbocycles. The van der Waals surface area contributed by atoms with Crippen molar-refractivity contribution in [3.63, 3.8) is 0 Å². The van der Waals surface area contributed by atoms with E-state index >= 15 is 0 Å². The van der Waals surface area contributed by atoms with Crippen LogP contribution >= 0.6 is 0 Å². The largest absolute Gasteiger partial charge is 0.573 e. The lowest BCUT2D eigenvalue weighted by Gasteiger charge is -2.21. The minimum absolute atomic E-state index is 0.00478. The Bertz CT molecular complexity index is 1060. The monoisotopic (exact) mass is 489 g/mol. The third kappa shape index (κ3) is 7.14. The van der Waals surface area contributed by atoms with Gasteiger partial charge in [-0.05, 0) is 43.3 Å². The fourth-order valence-electron chi connectivity index (χ4n) is 3.43. The first-order valence-electron chi connectivity index (χ1n) is 10.1. The minimum atomic E-state index is -4.84. The Morgan fingerprint density at radius 1 is 1.00 bits per heavy atom. The molecule has 0 radical (unpaired) electrons. The molecule has 12 heteroatoms. The van der Waals surface area contributed by atoms with Gasteiger partial charge in [-0.2, -0.15) is 4.31 Å². The Balaban J connectivity index is 1.54. The van der Waals surface area contributed by atoms with Crippen molar-refractivity contribution in [3.05, 3.63) is 59.9 Å². The number of benzene rings is 2. The van der Waals surface area contributed by atoms with Gasteiger partial charge in [0.1, 0.15) is 11.6 Å². The molecule has 2 aromatic carbocycles. The molecular formula is C21H23F4N3O4S. The van der Waals surface area contributed by atoms with Gasteiger partial charge in [0, 0.05) is 31.7 Å². The first kappa shape index (κ1) is 24.9. The summed E-state index contributed by atoms with van der Waals surface area (Å²) in [6, 6.07) is 10.1. The van der Waals surface area contributed by atoms with E-state index in [0.717, 1.165) is 12.1 Å². The van der Waals surface area contributed by atoms with E-state index in [1.807, 2.05) is 0 Å². The molecule has 1 aliphatic rings. The molecule has 1 N–H and O–H groups in total. The predicted molar refractivity (Wildman–Crippen MR) is 111 cm³/mol. The van der Waals surface area contributed by atoms with Crippen LogP contribution in [0.3, 0.4) is 0 Å². The zero-order chi connectivity index (χ0) is 24.1. The minimum Gasteiger partial charge on any atom is -0.405 e. The number of halogens is 4. The quantitative estimate of drug-likeness (QED) is 0.606. The fourth-order valence-corrected chi connectivity index (χ4v) is 4.90. The first-order valence-corrected chi connectivity index (χ1v) is 11.6. The number of para-hydroxylation sites is 1. The van der Waals surface area contributed by atoms with Gasteiger partial charge in [0.05, 0.1) is 11.4 Å². The maximum absolute atomic E-state index is 13.1. The number of sulfonamides is 1. The smallest absolute Gasteiger partial charge is 0.405 e. The van der Waals surface area contributed by atoms with Crippen LogP contribution in [0.2, 0.25) is 0 Å². The third-order valence-corrected chi connectivity index (χ3v) is 6.95. The molecule has 0 aliphatic carbocycles. The molecule has 3 rings (SSSR count). The maximum atomic E-state index is 13.1. The molecule has 0 aromatic heterocycles. The average molecular weight is 489 g/mol. The van der Waals surface area contributed by atoms with E-state index in [9.17, 15) is 30.8 Å². The highest BCUT2D eigenvalue weighted by atomic mass is 32.2. The summed E-state index contributed by atoms with van der Waals surface area (Å²) in [4.78, 5) is 14.1. The molecule has 1 aliphatic heterocycles. The lowest BCUT2D eigenvalue weighted by Crippen LogP contribution is -2.40. The summed E-state index contributed by atoms with van der Waals surface area (Å²) in [7, 11) is -3.79. The number of rotatable bonds is 7. The summed E-state index contributed by atoms with van der Waals surface area (Å²) in [5, 5.41) is 2.57. The van der Waals surface area contributed by atoms with E-state index in [1.54, 1.807) is 4.90 Å². The molecule has 0 spiro atoms. The Hall–Kier alpha value is -2.70. The standard InChI is InChI=1S/C21H23F4N3O4S/c22-17-6-8-18(9-7-17)33(30,31)28-11-3-10-27(12-13-28)15-20(29)26-14-16-4-1-2-5-19(16)32-21(23,24)25/h1-2,4-9H,3,10-15H2,(H,26,29). The van der Waals surface area contributed by atoms with Gasteiger partial charge in [-0.25, -0.2) is 12.8 Å². The lowest BCUT2D eigenvalue weighted by molar-refractivity contribution is -0.274. The second kappa shape index (κ2) is 10.5. The highest BCUT2D eigenvalue weighted by molar-refractivity contribution is 7.89. The third-order valence-electron chi connectivity index (χ3n) is 5.04. The summed E-state index contributed by atoms with van der Waals surface area (Å²) in [5.41, 5.74) is 0.176. The molecule has 1 saturated heterocycles. The normalized spacial score (nSPS) is 16.2. The van der Waals surface area contributed by atoms with Crippen LogP contribution in [0.1, 0.15) is 12.0 Å². The Morgan fingerprint density at radius 3 is 2.39 bits per heavy atom. The van der Waals surface area contributed by atoms with E-state index in [-0.39, 0.29) is 42.4 Å². The van der Waals surface area contributed by atoms with Gasteiger partial charge in [-0.15, -0.1) is 13.2 Å². The van der Waals surface area contributed by atoms with Crippen LogP contribution < -0.4 is 10.1 Å². The number of nitrogens with one attached hydrogen (secondary N) is 1. The number of carbonyl (C=O) groups excluding carboxylic acids is 1. The van der Waals surface area contributed by atoms with Crippen molar-refractivity contribution in [3.8, 4) is 5.75 Å². The van der Waals surface area contributed by atoms with E-state index in [4.69, 9.17) is 0 Å². The number of hydrogen-bond acceptors (Lipinski definition) is 5. The first-order chi connectivity index (χ1) is 15.5. The van der Waals surface area contributed by atoms with Crippen molar-refractivity contribution in [2.75, 3.05) is 32.7 Å². The van der Waals surface area contributed by atoms with Crippen LogP contribution in [-0.2, 0) is 21.4 Å². The van der Waals surface area contributed by atoms with Crippen molar-refractivity contribution in [1.82, 2.24) is 14.5 Å². The van der Waals surface area contributed by atoms with Crippen molar-refractivity contribution < 1.29 is 35.5 Å². The highest BCUT2D eigenvalue weighted by Gasteiger charge is 2.32. The maximum Gasteiger partial charge on any atom is 0.573 e. The second-order valence-electron chi connectivity index (χ2n) is 7.42. The van der Waals surface area contributed by atoms with Crippen LogP contribution in [0.15, 0.2) is 53.4 Å². The van der Waals surface area contributed by atoms with Crippen molar-refractivity contribution in [2.24, 2.45) is 0 Å². The van der Waals surface area contributed by atoms with Crippen LogP contribution in [0.25, 0.3) is 0 Å². The van der Waals surface area contributed by atoms with E-state index < -0.39 is 28.1 Å². The summed E-state index contributed by atoms with van der Waals surface area (Å²) in [6.45, 7) is 0.976. The van der Waals surface area contributed by atoms with Crippen molar-refractivity contribution in [1.29, 1.82) is 0 Å². The Morgan fingerprint density at radius 2 is 1.70 bits per heavy atom. The second-order valence-corrected chi connectivity index (χ2v) is 9.36. The van der Waals surface area contributed by atoms with Gasteiger partial charge in [-0.1, -0.05) is 18.2 Å². The summed E-state index contributed by atoms with van der Waals surface area (Å²) >= 11 is 0. The molecule has 180 valence electrons. The van der Waals surface area contributed by atoms with Crippen LogP contribution in [0.4, 0.5) is 17.6 Å². The fraction of sp³-hybridized carbons (Fsp3) is 0.381. The van der Waals surface area contributed by atoms with E-state index in [1.165, 1.54) is 40.7 Å². The Kier molecular flexibility index (Phi) is 7.92. The molecule has 0 bridgehead atoms. The summed E-state index contributed by atoms with van der Waals surface area (Å²) in [6.07, 6.45) is -4.36. The van der Waals surface area contributed by atoms with Gasteiger partial charge < -0.3 is 10.1 Å². The topological polar surface area (TPSA) is 79.0 Å². The number of hydrogen-bond donors (Lipinski definition) is 1. The number of carbonyl (C=O) groups is 1. The van der Waals surface area contributed by atoms with E-state index in [2.05, 4.69) is 10.1 Å².